The van der Waals surface area contributed by atoms with E-state index in [0.717, 1.165) is 54.2 Å². The van der Waals surface area contributed by atoms with Gasteiger partial charge in [0.1, 0.15) is 23.5 Å². The zero-order valence-corrected chi connectivity index (χ0v) is 27.6. The standard InChI is InChI=1S/C30H29N8OS.CH4O4S/c1-36(2)22-11-9-21(10-12-22)34-35-30-33-29(37-13-15-38(3,4)16-14-37)26(40-30)17-25-27(20(18-31)19-32)23-7-5-6-8-24(23)28(25)39;1-5-6(2,3)4/h5-12,17H,13-16H2,1-4H3;1H3,(H,2,3,4)/q+1;/p-1/b25-17?,35-34+;. The minimum Gasteiger partial charge on any atom is -0.726 e. The third-order valence-electron chi connectivity index (χ3n) is 7.40. The lowest BCUT2D eigenvalue weighted by molar-refractivity contribution is -0.890. The third-order valence-corrected chi connectivity index (χ3v) is 8.68. The lowest BCUT2D eigenvalue weighted by Crippen LogP contribution is -2.55. The first-order chi connectivity index (χ1) is 21.8. The number of likely N-dealkylation sites (N-methyl/N-ethyl adjacent to an activating group) is 1. The van der Waals surface area contributed by atoms with Crippen LogP contribution in [0.15, 0.2) is 69.9 Å². The summed E-state index contributed by atoms with van der Waals surface area (Å²) in [6.45, 7) is 3.50. The molecular weight excluding hydrogens is 629 g/mol. The summed E-state index contributed by atoms with van der Waals surface area (Å²) < 4.78 is 31.9. The highest BCUT2D eigenvalue weighted by Gasteiger charge is 2.34. The Morgan fingerprint density at radius 1 is 1.07 bits per heavy atom. The first-order valence-corrected chi connectivity index (χ1v) is 16.1. The van der Waals surface area contributed by atoms with Gasteiger partial charge in [-0.05, 0) is 35.9 Å². The Bertz CT molecular complexity index is 1890. The molecule has 1 aromatic heterocycles. The molecule has 46 heavy (non-hydrogen) atoms. The van der Waals surface area contributed by atoms with Gasteiger partial charge < -0.3 is 18.8 Å². The number of azo groups is 1. The van der Waals surface area contributed by atoms with Crippen LogP contribution in [0.4, 0.5) is 22.3 Å². The molecule has 2 heterocycles. The highest BCUT2D eigenvalue weighted by Crippen LogP contribution is 2.42. The van der Waals surface area contributed by atoms with Crippen molar-refractivity contribution < 1.29 is 26.4 Å². The average molecular weight is 661 g/mol. The van der Waals surface area contributed by atoms with Crippen molar-refractivity contribution in [3.8, 4) is 12.1 Å². The first kappa shape index (κ1) is 34.1. The summed E-state index contributed by atoms with van der Waals surface area (Å²) in [4.78, 5) is 23.3. The number of piperazine rings is 1. The van der Waals surface area contributed by atoms with Crippen LogP contribution >= 0.6 is 11.3 Å². The lowest BCUT2D eigenvalue weighted by Gasteiger charge is -2.39. The summed E-state index contributed by atoms with van der Waals surface area (Å²) in [5.41, 5.74) is 3.45. The number of allylic oxidation sites excluding steroid dienone is 3. The quantitative estimate of drug-likeness (QED) is 0.0900. The highest BCUT2D eigenvalue weighted by molar-refractivity contribution is 7.80. The van der Waals surface area contributed by atoms with Crippen molar-refractivity contribution in [3.05, 3.63) is 75.7 Å². The normalized spacial score (nSPS) is 16.4. The smallest absolute Gasteiger partial charge is 0.232 e. The Hall–Kier alpha value is -4.77. The number of hydrogen-bond donors (Lipinski definition) is 0. The van der Waals surface area contributed by atoms with E-state index in [0.29, 0.717) is 33.1 Å². The predicted molar refractivity (Wildman–Crippen MR) is 175 cm³/mol. The minimum absolute atomic E-state index is 0.0891. The van der Waals surface area contributed by atoms with Crippen molar-refractivity contribution >= 4 is 61.5 Å². The van der Waals surface area contributed by atoms with Crippen LogP contribution in [0.1, 0.15) is 20.8 Å². The zero-order valence-electron chi connectivity index (χ0n) is 26.0. The molecule has 0 N–H and O–H groups in total. The van der Waals surface area contributed by atoms with E-state index >= 15 is 0 Å². The molecule has 0 amide bonds. The summed E-state index contributed by atoms with van der Waals surface area (Å²) in [5, 5.41) is 28.7. The van der Waals surface area contributed by atoms with Gasteiger partial charge in [-0.1, -0.05) is 35.6 Å². The summed E-state index contributed by atoms with van der Waals surface area (Å²) in [6, 6.07) is 18.8. The number of carbonyl (C=O) groups excluding carboxylic acids is 1. The molecule has 15 heteroatoms. The Kier molecular flexibility index (Phi) is 10.5. The molecule has 0 unspecified atom stereocenters. The van der Waals surface area contributed by atoms with E-state index in [1.165, 1.54) is 11.3 Å². The highest BCUT2D eigenvalue weighted by atomic mass is 32.3. The molecule has 2 aromatic carbocycles. The molecule has 1 saturated heterocycles. The maximum atomic E-state index is 13.5. The molecular formula is C31H32N8O5S2. The van der Waals surface area contributed by atoms with Crippen molar-refractivity contribution in [1.82, 2.24) is 4.98 Å². The fourth-order valence-electron chi connectivity index (χ4n) is 4.79. The van der Waals surface area contributed by atoms with Crippen molar-refractivity contribution in [1.29, 1.82) is 10.5 Å². The molecule has 238 valence electrons. The summed E-state index contributed by atoms with van der Waals surface area (Å²) in [6.07, 6.45) is 1.76. The van der Waals surface area contributed by atoms with Crippen LogP contribution in [0.3, 0.4) is 0 Å². The van der Waals surface area contributed by atoms with E-state index in [1.54, 1.807) is 30.3 Å². The van der Waals surface area contributed by atoms with E-state index in [9.17, 15) is 28.3 Å². The fourth-order valence-corrected chi connectivity index (χ4v) is 5.64. The Morgan fingerprint density at radius 3 is 2.20 bits per heavy atom. The number of Topliss-reactive ketones (excluding diaryl/α,β-unsaturated/α-hetero) is 1. The third kappa shape index (κ3) is 8.08. The topological polar surface area (TPSA) is 175 Å². The second-order valence-corrected chi connectivity index (χ2v) is 13.3. The van der Waals surface area contributed by atoms with Gasteiger partial charge in [-0.15, -0.1) is 10.2 Å². The number of carbonyl (C=O) groups is 1. The maximum Gasteiger partial charge on any atom is 0.232 e. The summed E-state index contributed by atoms with van der Waals surface area (Å²) in [5.74, 6) is 0.515. The van der Waals surface area contributed by atoms with Gasteiger partial charge in [0, 0.05) is 36.5 Å². The Morgan fingerprint density at radius 2 is 1.65 bits per heavy atom. The van der Waals surface area contributed by atoms with Crippen molar-refractivity contribution in [2.24, 2.45) is 10.2 Å². The van der Waals surface area contributed by atoms with Crippen molar-refractivity contribution in [3.63, 3.8) is 0 Å². The van der Waals surface area contributed by atoms with Gasteiger partial charge in [0.05, 0.1) is 57.9 Å². The van der Waals surface area contributed by atoms with Crippen molar-refractivity contribution in [2.45, 2.75) is 0 Å². The number of aromatic nitrogens is 1. The van der Waals surface area contributed by atoms with Crippen LogP contribution in [-0.4, -0.2) is 89.7 Å². The lowest BCUT2D eigenvalue weighted by atomic mass is 9.99. The number of nitrogens with zero attached hydrogens (tertiary/aromatic N) is 8. The van der Waals surface area contributed by atoms with Crippen LogP contribution < -0.4 is 9.80 Å². The summed E-state index contributed by atoms with van der Waals surface area (Å²) >= 11 is 1.33. The molecule has 1 aliphatic carbocycles. The van der Waals surface area contributed by atoms with E-state index in [4.69, 9.17) is 4.98 Å². The molecule has 0 spiro atoms. The molecule has 3 aromatic rings. The monoisotopic (exact) mass is 660 g/mol. The molecule has 1 fully saturated rings. The molecule has 0 bridgehead atoms. The minimum atomic E-state index is -4.41. The van der Waals surface area contributed by atoms with Gasteiger partial charge in [0.25, 0.3) is 0 Å². The molecule has 1 aliphatic heterocycles. The van der Waals surface area contributed by atoms with E-state index < -0.39 is 10.4 Å². The van der Waals surface area contributed by atoms with Crippen molar-refractivity contribution in [2.75, 3.05) is 71.3 Å². The van der Waals surface area contributed by atoms with Crippen LogP contribution in [0.5, 0.6) is 0 Å². The Labute approximate surface area is 272 Å². The van der Waals surface area contributed by atoms with Crippen LogP contribution in [0.2, 0.25) is 0 Å². The van der Waals surface area contributed by atoms with Gasteiger partial charge in [0.2, 0.25) is 15.5 Å². The number of thiazole rings is 1. The number of hydrogen-bond acceptors (Lipinski definition) is 13. The second kappa shape index (κ2) is 14.1. The van der Waals surface area contributed by atoms with E-state index in [1.807, 2.05) is 55.4 Å². The van der Waals surface area contributed by atoms with Crippen LogP contribution in [0, 0.1) is 22.7 Å². The number of benzene rings is 2. The number of fused-ring (bicyclic) bond motifs is 1. The van der Waals surface area contributed by atoms with Gasteiger partial charge in [-0.25, -0.2) is 8.42 Å². The number of rotatable bonds is 6. The van der Waals surface area contributed by atoms with Crippen LogP contribution in [-0.2, 0) is 14.6 Å². The predicted octanol–water partition coefficient (Wildman–Crippen LogP) is 4.69. The van der Waals surface area contributed by atoms with E-state index in [2.05, 4.69) is 33.4 Å². The molecule has 0 atom stereocenters. The fraction of sp³-hybridized carbons (Fsp3) is 0.290. The molecule has 13 nitrogen and oxygen atoms in total. The van der Waals surface area contributed by atoms with Gasteiger partial charge in [-0.3, -0.25) is 8.98 Å². The first-order valence-electron chi connectivity index (χ1n) is 14.0. The van der Waals surface area contributed by atoms with Gasteiger partial charge >= 0.3 is 0 Å². The van der Waals surface area contributed by atoms with Crippen LogP contribution in [0.25, 0.3) is 11.6 Å². The number of anilines is 2. The molecule has 0 radical (unpaired) electrons. The number of ketones is 1. The SMILES string of the molecule is CN(C)c1ccc(/N=N/c2nc(N3CC[N+](C)(C)CC3)c(C=C3C(=O)c4ccccc4C3=C(C#N)C#N)s2)cc1.COS(=O)(=O)[O-]. The van der Waals surface area contributed by atoms with E-state index in [-0.39, 0.29) is 11.4 Å². The number of quaternary nitrogens is 1. The largest absolute Gasteiger partial charge is 0.726 e. The zero-order chi connectivity index (χ0) is 33.6. The summed E-state index contributed by atoms with van der Waals surface area (Å²) in [7, 11) is 4.77. The number of nitriles is 2. The van der Waals surface area contributed by atoms with Gasteiger partial charge in [0.15, 0.2) is 5.78 Å². The van der Waals surface area contributed by atoms with Gasteiger partial charge in [-0.2, -0.15) is 15.5 Å². The Balaban J connectivity index is 0.000000731. The second-order valence-electron chi connectivity index (χ2n) is 11.1. The molecule has 5 rings (SSSR count). The molecule has 2 aliphatic rings. The molecule has 0 saturated carbocycles. The average Bonchev–Trinajstić information content (AvgIpc) is 3.55. The maximum absolute atomic E-state index is 13.5.